The molecule has 196 valence electrons. The van der Waals surface area contributed by atoms with Crippen LogP contribution in [0.3, 0.4) is 0 Å². The lowest BCUT2D eigenvalue weighted by Crippen LogP contribution is -2.47. The van der Waals surface area contributed by atoms with Gasteiger partial charge in [-0.1, -0.05) is 6.07 Å². The first kappa shape index (κ1) is 26.8. The number of hydrogen-bond acceptors (Lipinski definition) is 7. The van der Waals surface area contributed by atoms with E-state index in [0.717, 1.165) is 38.2 Å². The lowest BCUT2D eigenvalue weighted by molar-refractivity contribution is -0.137. The van der Waals surface area contributed by atoms with Gasteiger partial charge in [0.25, 0.3) is 0 Å². The molecule has 0 spiro atoms. The molecule has 3 aromatic rings. The minimum absolute atomic E-state index is 0.188. The second kappa shape index (κ2) is 11.8. The van der Waals surface area contributed by atoms with E-state index in [0.29, 0.717) is 24.6 Å². The fourth-order valence-electron chi connectivity index (χ4n) is 4.59. The number of thiazole rings is 1. The Morgan fingerprint density at radius 1 is 1.05 bits per heavy atom. The van der Waals surface area contributed by atoms with E-state index in [1.54, 1.807) is 48.2 Å². The van der Waals surface area contributed by atoms with E-state index < -0.39 is 5.41 Å². The molecule has 8 nitrogen and oxygen atoms in total. The minimum Gasteiger partial charge on any atom is -0.493 e. The highest BCUT2D eigenvalue weighted by molar-refractivity contribution is 7.09. The van der Waals surface area contributed by atoms with Crippen LogP contribution in [-0.2, 0) is 22.6 Å². The average molecular weight is 522 g/mol. The summed E-state index contributed by atoms with van der Waals surface area (Å²) in [5.74, 6) is 0.275. The largest absolute Gasteiger partial charge is 0.493 e. The van der Waals surface area contributed by atoms with Crippen molar-refractivity contribution in [1.29, 1.82) is 0 Å². The van der Waals surface area contributed by atoms with Crippen LogP contribution in [0.1, 0.15) is 37.6 Å². The third kappa shape index (κ3) is 6.17. The molecule has 0 radical (unpaired) electrons. The Labute approximate surface area is 222 Å². The van der Waals surface area contributed by atoms with Gasteiger partial charge in [-0.05, 0) is 57.4 Å². The van der Waals surface area contributed by atoms with Crippen LogP contribution >= 0.6 is 11.3 Å². The van der Waals surface area contributed by atoms with Crippen LogP contribution in [0.4, 0.5) is 11.4 Å². The molecule has 0 N–H and O–H groups in total. The lowest BCUT2D eigenvalue weighted by Gasteiger charge is -2.27. The molecular formula is C28H35N5O3S. The van der Waals surface area contributed by atoms with E-state index in [1.807, 2.05) is 49.1 Å². The molecule has 0 fully saturated rings. The van der Waals surface area contributed by atoms with Crippen molar-refractivity contribution < 1.29 is 14.3 Å². The van der Waals surface area contributed by atoms with Gasteiger partial charge < -0.3 is 14.5 Å². The van der Waals surface area contributed by atoms with Crippen LogP contribution in [0, 0.1) is 5.41 Å². The molecule has 37 heavy (non-hydrogen) atoms. The first-order valence-electron chi connectivity index (χ1n) is 12.7. The highest BCUT2D eigenvalue weighted by Crippen LogP contribution is 2.40. The van der Waals surface area contributed by atoms with Gasteiger partial charge >= 0.3 is 0 Å². The molecule has 0 unspecified atom stereocenters. The predicted molar refractivity (Wildman–Crippen MR) is 147 cm³/mol. The lowest BCUT2D eigenvalue weighted by atomic mass is 9.90. The fourth-order valence-corrected chi connectivity index (χ4v) is 5.23. The third-order valence-electron chi connectivity index (χ3n) is 6.72. The van der Waals surface area contributed by atoms with Gasteiger partial charge in [0.1, 0.15) is 11.2 Å². The van der Waals surface area contributed by atoms with Crippen molar-refractivity contribution in [2.24, 2.45) is 5.41 Å². The number of hydrogen-bond donors (Lipinski definition) is 0. The van der Waals surface area contributed by atoms with Crippen molar-refractivity contribution in [3.8, 4) is 5.75 Å². The third-order valence-corrected chi connectivity index (χ3v) is 7.49. The molecule has 1 aromatic carbocycles. The second-order valence-electron chi connectivity index (χ2n) is 9.75. The zero-order chi connectivity index (χ0) is 26.4. The maximum atomic E-state index is 13.1. The van der Waals surface area contributed by atoms with Crippen molar-refractivity contribution >= 4 is 34.5 Å². The van der Waals surface area contributed by atoms with E-state index in [9.17, 15) is 9.59 Å². The summed E-state index contributed by atoms with van der Waals surface area (Å²) < 4.78 is 6.10. The molecule has 1 aliphatic heterocycles. The monoisotopic (exact) mass is 521 g/mol. The Morgan fingerprint density at radius 2 is 1.89 bits per heavy atom. The molecule has 3 heterocycles. The van der Waals surface area contributed by atoms with Gasteiger partial charge in [0.15, 0.2) is 0 Å². The summed E-state index contributed by atoms with van der Waals surface area (Å²) >= 11 is 1.67. The number of anilines is 2. The number of amides is 2. The number of pyridine rings is 1. The van der Waals surface area contributed by atoms with Gasteiger partial charge in [-0.3, -0.25) is 24.5 Å². The van der Waals surface area contributed by atoms with Crippen molar-refractivity contribution in [1.82, 2.24) is 14.9 Å². The zero-order valence-electron chi connectivity index (χ0n) is 22.0. The van der Waals surface area contributed by atoms with E-state index in [4.69, 9.17) is 4.74 Å². The number of rotatable bonds is 11. The Bertz CT molecular complexity index is 1200. The van der Waals surface area contributed by atoms with Crippen LogP contribution in [0.5, 0.6) is 5.75 Å². The van der Waals surface area contributed by atoms with Crippen molar-refractivity contribution in [2.75, 3.05) is 43.1 Å². The number of carbonyl (C=O) groups is 2. The molecule has 0 atom stereocenters. The normalized spacial score (nSPS) is 15.2. The summed E-state index contributed by atoms with van der Waals surface area (Å²) in [5, 5.41) is 0. The highest BCUT2D eigenvalue weighted by Gasteiger charge is 2.45. The van der Waals surface area contributed by atoms with Crippen LogP contribution < -0.4 is 14.5 Å². The van der Waals surface area contributed by atoms with Gasteiger partial charge in [-0.15, -0.1) is 11.3 Å². The number of benzene rings is 1. The minimum atomic E-state index is -1.12. The van der Waals surface area contributed by atoms with Gasteiger partial charge in [0.05, 0.1) is 23.5 Å². The van der Waals surface area contributed by atoms with Crippen molar-refractivity contribution in [2.45, 2.75) is 40.2 Å². The summed E-state index contributed by atoms with van der Waals surface area (Å²) in [6, 6.07) is 9.69. The smallest absolute Gasteiger partial charge is 0.242 e. The summed E-state index contributed by atoms with van der Waals surface area (Å²) in [6.07, 6.45) is 7.43. The van der Waals surface area contributed by atoms with Gasteiger partial charge in [0, 0.05) is 62.8 Å². The number of ether oxygens (including phenoxy) is 1. The van der Waals surface area contributed by atoms with Gasteiger partial charge in [-0.2, -0.15) is 0 Å². The number of nitrogens with zero attached hydrogens (tertiary/aromatic N) is 5. The predicted octanol–water partition coefficient (Wildman–Crippen LogP) is 4.41. The van der Waals surface area contributed by atoms with Crippen LogP contribution in [0.25, 0.3) is 0 Å². The van der Waals surface area contributed by atoms with Crippen molar-refractivity contribution in [3.63, 3.8) is 0 Å². The maximum Gasteiger partial charge on any atom is 0.242 e. The quantitative estimate of drug-likeness (QED) is 0.275. The van der Waals surface area contributed by atoms with Crippen LogP contribution in [0.2, 0.25) is 0 Å². The number of aromatic nitrogens is 2. The van der Waals surface area contributed by atoms with Crippen molar-refractivity contribution in [3.05, 3.63) is 64.9 Å². The molecule has 0 saturated heterocycles. The molecule has 2 amide bonds. The van der Waals surface area contributed by atoms with Gasteiger partial charge in [-0.25, -0.2) is 0 Å². The fraction of sp³-hybridized carbons (Fsp3) is 0.429. The Kier molecular flexibility index (Phi) is 8.56. The van der Waals surface area contributed by atoms with Crippen LogP contribution in [0.15, 0.2) is 54.4 Å². The first-order valence-corrected chi connectivity index (χ1v) is 13.5. The summed E-state index contributed by atoms with van der Waals surface area (Å²) in [5.41, 5.74) is 3.38. The molecule has 0 bridgehead atoms. The average Bonchev–Trinajstić information content (AvgIpc) is 3.41. The topological polar surface area (TPSA) is 78.9 Å². The molecule has 2 aromatic heterocycles. The van der Waals surface area contributed by atoms with E-state index in [1.165, 1.54) is 10.4 Å². The summed E-state index contributed by atoms with van der Waals surface area (Å²) in [6.45, 7) is 8.99. The van der Waals surface area contributed by atoms with E-state index in [-0.39, 0.29) is 11.8 Å². The summed E-state index contributed by atoms with van der Waals surface area (Å²) in [4.78, 5) is 41.5. The van der Waals surface area contributed by atoms with Crippen LogP contribution in [-0.4, -0.2) is 60.0 Å². The van der Waals surface area contributed by atoms with E-state index in [2.05, 4.69) is 20.9 Å². The van der Waals surface area contributed by atoms with Gasteiger partial charge in [0.2, 0.25) is 11.8 Å². The maximum absolute atomic E-state index is 13.1. The second-order valence-corrected chi connectivity index (χ2v) is 10.7. The molecule has 9 heteroatoms. The highest BCUT2D eigenvalue weighted by atomic mass is 32.1. The number of carbonyl (C=O) groups excluding carboxylic acids is 2. The molecule has 0 aliphatic carbocycles. The first-order chi connectivity index (χ1) is 17.8. The van der Waals surface area contributed by atoms with E-state index >= 15 is 0 Å². The molecule has 4 rings (SSSR count). The molecule has 0 saturated carbocycles. The summed E-state index contributed by atoms with van der Waals surface area (Å²) in [7, 11) is 1.72. The number of fused-ring (bicyclic) bond motifs is 1. The zero-order valence-corrected chi connectivity index (χ0v) is 22.8. The Morgan fingerprint density at radius 3 is 2.59 bits per heavy atom. The SMILES string of the molecule is CCN1C(=O)C(C)(C)C(=O)N(C)c2cc(OCCCN(CCc3cccnc3)Cc3cncs3)ccc21. The molecule has 1 aliphatic rings. The standard InChI is InChI=1S/C28H35N5O3S/c1-5-33-24-10-9-22(16-25(24)31(4)26(34)28(2,3)27(33)35)36-15-7-13-32(19-23-18-30-20-37-23)14-11-21-8-6-12-29-17-21/h6,8-10,12,16-18,20H,5,7,11,13-15,19H2,1-4H3. The molecular weight excluding hydrogens is 486 g/mol. The Hall–Kier alpha value is -3.30. The Balaban J connectivity index is 1.39.